The van der Waals surface area contributed by atoms with Crippen LogP contribution in [-0.2, 0) is 22.7 Å². The average molecular weight is 296 g/mol. The minimum atomic E-state index is -0.00411. The number of ether oxygens (including phenoxy) is 1. The molecule has 1 aromatic heterocycles. The fourth-order valence-electron chi connectivity index (χ4n) is 2.94. The van der Waals surface area contributed by atoms with Crippen molar-refractivity contribution in [1.29, 1.82) is 0 Å². The van der Waals surface area contributed by atoms with Crippen molar-refractivity contribution in [3.8, 4) is 0 Å². The number of hydrogen-bond acceptors (Lipinski definition) is 5. The van der Waals surface area contributed by atoms with Crippen LogP contribution < -0.4 is 0 Å². The van der Waals surface area contributed by atoms with Crippen LogP contribution in [0.2, 0.25) is 0 Å². The standard InChI is InChI=1S/C13H20N4O2S/c1-9-12-15-14-11(8-19-2)17(12)6-5-16(9)13(18)10-4-3-7-20-10/h9-10H,3-8H2,1-2H3/t9-,10+/m0/s1. The van der Waals surface area contributed by atoms with Gasteiger partial charge in [-0.05, 0) is 25.5 Å². The SMILES string of the molecule is COCc1nnc2n1CCN(C(=O)[C@H]1CCCS1)[C@H]2C. The van der Waals surface area contributed by atoms with Crippen LogP contribution in [0.3, 0.4) is 0 Å². The Balaban J connectivity index is 1.78. The van der Waals surface area contributed by atoms with E-state index < -0.39 is 0 Å². The Hall–Kier alpha value is -1.08. The van der Waals surface area contributed by atoms with E-state index >= 15 is 0 Å². The van der Waals surface area contributed by atoms with Gasteiger partial charge in [-0.15, -0.1) is 22.0 Å². The van der Waals surface area contributed by atoms with E-state index in [4.69, 9.17) is 4.74 Å². The van der Waals surface area contributed by atoms with Gasteiger partial charge < -0.3 is 14.2 Å². The third kappa shape index (κ3) is 2.33. The van der Waals surface area contributed by atoms with Crippen molar-refractivity contribution in [2.75, 3.05) is 19.4 Å². The zero-order valence-corrected chi connectivity index (χ0v) is 12.7. The number of methoxy groups -OCH3 is 1. The zero-order chi connectivity index (χ0) is 14.1. The summed E-state index contributed by atoms with van der Waals surface area (Å²) >= 11 is 1.79. The van der Waals surface area contributed by atoms with E-state index in [0.29, 0.717) is 6.61 Å². The number of amides is 1. The van der Waals surface area contributed by atoms with Crippen molar-refractivity contribution < 1.29 is 9.53 Å². The van der Waals surface area contributed by atoms with Gasteiger partial charge in [0.25, 0.3) is 0 Å². The number of aromatic nitrogens is 3. The first-order valence-corrected chi connectivity index (χ1v) is 8.10. The molecule has 0 bridgehead atoms. The van der Waals surface area contributed by atoms with Crippen LogP contribution in [0.4, 0.5) is 0 Å². The molecule has 0 radical (unpaired) electrons. The number of fused-ring (bicyclic) bond motifs is 1. The Morgan fingerprint density at radius 2 is 2.30 bits per heavy atom. The number of thioether (sulfide) groups is 1. The largest absolute Gasteiger partial charge is 0.377 e. The lowest BCUT2D eigenvalue weighted by Crippen LogP contribution is -2.44. The first-order valence-electron chi connectivity index (χ1n) is 7.05. The summed E-state index contributed by atoms with van der Waals surface area (Å²) in [6.45, 7) is 3.99. The van der Waals surface area contributed by atoms with Gasteiger partial charge in [0.15, 0.2) is 11.6 Å². The lowest BCUT2D eigenvalue weighted by Gasteiger charge is -2.35. The molecule has 6 nitrogen and oxygen atoms in total. The fourth-order valence-corrected chi connectivity index (χ4v) is 4.17. The lowest BCUT2D eigenvalue weighted by atomic mass is 10.1. The maximum Gasteiger partial charge on any atom is 0.236 e. The van der Waals surface area contributed by atoms with E-state index in [2.05, 4.69) is 14.8 Å². The number of carbonyl (C=O) groups excluding carboxylic acids is 1. The van der Waals surface area contributed by atoms with E-state index in [1.54, 1.807) is 18.9 Å². The highest BCUT2D eigenvalue weighted by Crippen LogP contribution is 2.32. The first kappa shape index (κ1) is 13.9. The van der Waals surface area contributed by atoms with Gasteiger partial charge in [-0.3, -0.25) is 4.79 Å². The molecule has 0 saturated carbocycles. The summed E-state index contributed by atoms with van der Waals surface area (Å²) in [7, 11) is 1.65. The quantitative estimate of drug-likeness (QED) is 0.839. The highest BCUT2D eigenvalue weighted by Gasteiger charge is 2.35. The molecule has 20 heavy (non-hydrogen) atoms. The fraction of sp³-hybridized carbons (Fsp3) is 0.769. The van der Waals surface area contributed by atoms with Crippen molar-refractivity contribution >= 4 is 17.7 Å². The molecule has 110 valence electrons. The van der Waals surface area contributed by atoms with E-state index in [1.165, 1.54) is 0 Å². The van der Waals surface area contributed by atoms with E-state index in [9.17, 15) is 4.79 Å². The molecule has 3 rings (SSSR count). The summed E-state index contributed by atoms with van der Waals surface area (Å²) in [5.41, 5.74) is 0. The Kier molecular flexibility index (Phi) is 3.98. The van der Waals surface area contributed by atoms with Crippen LogP contribution in [0.25, 0.3) is 0 Å². The minimum Gasteiger partial charge on any atom is -0.377 e. The third-order valence-electron chi connectivity index (χ3n) is 4.02. The Morgan fingerprint density at radius 1 is 1.45 bits per heavy atom. The molecule has 0 spiro atoms. The van der Waals surface area contributed by atoms with Gasteiger partial charge in [0, 0.05) is 20.2 Å². The number of hydrogen-bond donors (Lipinski definition) is 0. The average Bonchev–Trinajstić information content (AvgIpc) is 3.09. The second kappa shape index (κ2) is 5.73. The Morgan fingerprint density at radius 3 is 3.00 bits per heavy atom. The second-order valence-corrected chi connectivity index (χ2v) is 6.58. The highest BCUT2D eigenvalue weighted by atomic mass is 32.2. The van der Waals surface area contributed by atoms with E-state index in [1.807, 2.05) is 11.8 Å². The molecule has 0 N–H and O–H groups in total. The van der Waals surface area contributed by atoms with Gasteiger partial charge >= 0.3 is 0 Å². The van der Waals surface area contributed by atoms with Crippen LogP contribution in [0.1, 0.15) is 37.5 Å². The molecule has 7 heteroatoms. The highest BCUT2D eigenvalue weighted by molar-refractivity contribution is 8.00. The van der Waals surface area contributed by atoms with Crippen LogP contribution in [0.15, 0.2) is 0 Å². The van der Waals surface area contributed by atoms with Crippen LogP contribution in [0.5, 0.6) is 0 Å². The Bertz CT molecular complexity index is 499. The van der Waals surface area contributed by atoms with E-state index in [-0.39, 0.29) is 17.2 Å². The van der Waals surface area contributed by atoms with Gasteiger partial charge in [-0.25, -0.2) is 0 Å². The molecule has 1 aromatic rings. The van der Waals surface area contributed by atoms with Crippen molar-refractivity contribution in [1.82, 2.24) is 19.7 Å². The van der Waals surface area contributed by atoms with Gasteiger partial charge in [0.05, 0.1) is 11.3 Å². The number of carbonyl (C=O) groups is 1. The lowest BCUT2D eigenvalue weighted by molar-refractivity contribution is -0.134. The number of nitrogens with zero attached hydrogens (tertiary/aromatic N) is 4. The van der Waals surface area contributed by atoms with Crippen molar-refractivity contribution in [3.05, 3.63) is 11.6 Å². The molecule has 1 saturated heterocycles. The topological polar surface area (TPSA) is 60.3 Å². The third-order valence-corrected chi connectivity index (χ3v) is 5.39. The molecule has 1 amide bonds. The van der Waals surface area contributed by atoms with Gasteiger partial charge in [0.1, 0.15) is 6.61 Å². The van der Waals surface area contributed by atoms with Gasteiger partial charge in [-0.2, -0.15) is 0 Å². The molecule has 3 heterocycles. The first-order chi connectivity index (χ1) is 9.72. The van der Waals surface area contributed by atoms with E-state index in [0.717, 1.165) is 43.3 Å². The predicted molar refractivity (Wildman–Crippen MR) is 76.3 cm³/mol. The molecule has 2 aliphatic heterocycles. The summed E-state index contributed by atoms with van der Waals surface area (Å²) in [6.07, 6.45) is 2.16. The second-order valence-electron chi connectivity index (χ2n) is 5.27. The van der Waals surface area contributed by atoms with Crippen molar-refractivity contribution in [2.24, 2.45) is 0 Å². The molecule has 0 aliphatic carbocycles. The number of rotatable bonds is 3. The normalized spacial score (nSPS) is 25.8. The summed E-state index contributed by atoms with van der Waals surface area (Å²) < 4.78 is 7.22. The molecule has 2 atom stereocenters. The molecular weight excluding hydrogens is 276 g/mol. The summed E-state index contributed by atoms with van der Waals surface area (Å²) in [5, 5.41) is 8.57. The maximum absolute atomic E-state index is 12.6. The molecule has 2 aliphatic rings. The predicted octanol–water partition coefficient (Wildman–Crippen LogP) is 1.22. The zero-order valence-electron chi connectivity index (χ0n) is 11.9. The van der Waals surface area contributed by atoms with Crippen LogP contribution in [-0.4, -0.2) is 50.2 Å². The molecule has 0 aromatic carbocycles. The smallest absolute Gasteiger partial charge is 0.236 e. The van der Waals surface area contributed by atoms with Crippen molar-refractivity contribution in [3.63, 3.8) is 0 Å². The van der Waals surface area contributed by atoms with Crippen LogP contribution in [0, 0.1) is 0 Å². The maximum atomic E-state index is 12.6. The monoisotopic (exact) mass is 296 g/mol. The van der Waals surface area contributed by atoms with Crippen LogP contribution >= 0.6 is 11.8 Å². The summed E-state index contributed by atoms with van der Waals surface area (Å²) in [6, 6.07) is -0.00411. The summed E-state index contributed by atoms with van der Waals surface area (Å²) in [4.78, 5) is 14.5. The molecule has 0 unspecified atom stereocenters. The molecular formula is C13H20N4O2S. The minimum absolute atomic E-state index is 0.00411. The van der Waals surface area contributed by atoms with Crippen molar-refractivity contribution in [2.45, 2.75) is 44.2 Å². The Labute approximate surface area is 122 Å². The molecule has 1 fully saturated rings. The van der Waals surface area contributed by atoms with Gasteiger partial charge in [0.2, 0.25) is 5.91 Å². The van der Waals surface area contributed by atoms with Gasteiger partial charge in [-0.1, -0.05) is 0 Å². The summed E-state index contributed by atoms with van der Waals surface area (Å²) in [5.74, 6) is 3.09.